The molecule has 5 N–H and O–H groups in total. The molecule has 0 aliphatic heterocycles. The lowest BCUT2D eigenvalue weighted by molar-refractivity contribution is 0.474. The molecule has 7 nitrogen and oxygen atoms in total. The Kier molecular flexibility index (Phi) is 3.81. The van der Waals surface area contributed by atoms with Crippen LogP contribution in [-0.4, -0.2) is 26.2 Å². The minimum absolute atomic E-state index is 0.152. The number of halogens is 1. The monoisotopic (exact) mass is 376 g/mol. The Balaban J connectivity index is 2.12. The minimum atomic E-state index is 0.152. The molecule has 2 rings (SSSR count). The van der Waals surface area contributed by atoms with Gasteiger partial charge in [-0.25, -0.2) is 10.5 Å². The highest BCUT2D eigenvalue weighted by molar-refractivity contribution is 14.1. The topological polar surface area (TPSA) is 104 Å². The lowest BCUT2D eigenvalue weighted by Gasteiger charge is -2.00. The number of aromatic nitrogens is 3. The standard InChI is InChI=1S/C9H9IN6OS/c10-6-2-1-5(7(17)3-6)4-12-13-8-14-15-9(18)16(8)11/h1-4,17H,11H2,(H,13,14)(H,15,18)/b12-4+. The van der Waals surface area contributed by atoms with Gasteiger partial charge in [0.1, 0.15) is 5.75 Å². The average molecular weight is 376 g/mol. The fourth-order valence-electron chi connectivity index (χ4n) is 1.17. The zero-order valence-electron chi connectivity index (χ0n) is 8.96. The summed E-state index contributed by atoms with van der Waals surface area (Å²) >= 11 is 6.95. The van der Waals surface area contributed by atoms with Gasteiger partial charge in [-0.3, -0.25) is 0 Å². The van der Waals surface area contributed by atoms with Gasteiger partial charge in [-0.2, -0.15) is 9.78 Å². The van der Waals surface area contributed by atoms with E-state index in [0.717, 1.165) is 8.25 Å². The van der Waals surface area contributed by atoms with Crippen molar-refractivity contribution in [2.24, 2.45) is 5.10 Å². The third-order valence-electron chi connectivity index (χ3n) is 2.07. The number of nitrogens with zero attached hydrogens (tertiary/aromatic N) is 3. The SMILES string of the molecule is Nn1c(N/N=C/c2ccc(I)cc2O)n[nH]c1=S. The Bertz CT molecular complexity index is 649. The smallest absolute Gasteiger partial charge is 0.262 e. The van der Waals surface area contributed by atoms with Crippen LogP contribution >= 0.6 is 34.8 Å². The molecule has 0 saturated carbocycles. The maximum Gasteiger partial charge on any atom is 0.262 e. The van der Waals surface area contributed by atoms with Gasteiger partial charge in [0.2, 0.25) is 4.77 Å². The highest BCUT2D eigenvalue weighted by Crippen LogP contribution is 2.18. The molecule has 0 bridgehead atoms. The first-order valence-corrected chi connectivity index (χ1v) is 6.26. The summed E-state index contributed by atoms with van der Waals surface area (Å²) in [5.41, 5.74) is 3.19. The van der Waals surface area contributed by atoms with Crippen molar-refractivity contribution in [1.29, 1.82) is 0 Å². The molecule has 2 aromatic rings. The van der Waals surface area contributed by atoms with Crippen molar-refractivity contribution >= 4 is 47.0 Å². The molecule has 0 spiro atoms. The summed E-state index contributed by atoms with van der Waals surface area (Å²) in [6.45, 7) is 0. The molecule has 0 radical (unpaired) electrons. The molecule has 1 heterocycles. The van der Waals surface area contributed by atoms with Gasteiger partial charge in [-0.05, 0) is 53.0 Å². The molecule has 0 fully saturated rings. The van der Waals surface area contributed by atoms with E-state index in [9.17, 15) is 5.11 Å². The zero-order valence-corrected chi connectivity index (χ0v) is 11.9. The van der Waals surface area contributed by atoms with Gasteiger partial charge >= 0.3 is 0 Å². The normalized spacial score (nSPS) is 10.9. The van der Waals surface area contributed by atoms with Crippen molar-refractivity contribution in [3.8, 4) is 5.75 Å². The first-order chi connectivity index (χ1) is 8.58. The number of nitrogen functional groups attached to an aromatic ring is 1. The van der Waals surface area contributed by atoms with Crippen LogP contribution in [0.2, 0.25) is 0 Å². The number of nitrogens with two attached hydrogens (primary N) is 1. The number of hydrogen-bond donors (Lipinski definition) is 4. The summed E-state index contributed by atoms with van der Waals surface area (Å²) in [7, 11) is 0. The number of nitrogens with one attached hydrogen (secondary N) is 2. The summed E-state index contributed by atoms with van der Waals surface area (Å²) < 4.78 is 2.38. The largest absolute Gasteiger partial charge is 0.507 e. The number of aromatic amines is 1. The minimum Gasteiger partial charge on any atom is -0.507 e. The molecule has 1 aromatic carbocycles. The predicted octanol–water partition coefficient (Wildman–Crippen LogP) is 1.41. The molecular formula is C9H9IN6OS. The van der Waals surface area contributed by atoms with Crippen molar-refractivity contribution in [1.82, 2.24) is 14.9 Å². The van der Waals surface area contributed by atoms with Crippen molar-refractivity contribution < 1.29 is 5.11 Å². The third kappa shape index (κ3) is 2.79. The van der Waals surface area contributed by atoms with Gasteiger partial charge in [0.15, 0.2) is 0 Å². The third-order valence-corrected chi connectivity index (χ3v) is 3.02. The molecule has 0 unspecified atom stereocenters. The van der Waals surface area contributed by atoms with Crippen LogP contribution in [0.25, 0.3) is 0 Å². The van der Waals surface area contributed by atoms with Gasteiger partial charge in [-0.1, -0.05) is 0 Å². The van der Waals surface area contributed by atoms with E-state index in [4.69, 9.17) is 18.1 Å². The van der Waals surface area contributed by atoms with Gasteiger partial charge in [0.25, 0.3) is 5.95 Å². The van der Waals surface area contributed by atoms with Crippen LogP contribution in [0.1, 0.15) is 5.56 Å². The summed E-state index contributed by atoms with van der Waals surface area (Å²) in [5, 5.41) is 19.9. The van der Waals surface area contributed by atoms with Crippen LogP contribution in [0.4, 0.5) is 5.95 Å². The number of anilines is 1. The summed E-state index contributed by atoms with van der Waals surface area (Å²) in [4.78, 5) is 0. The lowest BCUT2D eigenvalue weighted by Crippen LogP contribution is -2.11. The number of phenols is 1. The number of hydrazone groups is 1. The molecule has 18 heavy (non-hydrogen) atoms. The predicted molar refractivity (Wildman–Crippen MR) is 79.6 cm³/mol. The Hall–Kier alpha value is -1.62. The van der Waals surface area contributed by atoms with E-state index < -0.39 is 0 Å². The molecule has 0 amide bonds. The van der Waals surface area contributed by atoms with E-state index in [0.29, 0.717) is 5.56 Å². The van der Waals surface area contributed by atoms with E-state index in [2.05, 4.69) is 43.3 Å². The van der Waals surface area contributed by atoms with Gasteiger partial charge in [0.05, 0.1) is 6.21 Å². The van der Waals surface area contributed by atoms with E-state index in [1.54, 1.807) is 12.1 Å². The number of benzene rings is 1. The Labute approximate surface area is 121 Å². The number of hydrogen-bond acceptors (Lipinski definition) is 6. The summed E-state index contributed by atoms with van der Waals surface area (Å²) in [6.07, 6.45) is 1.46. The molecule has 0 aliphatic carbocycles. The maximum atomic E-state index is 9.66. The highest BCUT2D eigenvalue weighted by Gasteiger charge is 2.01. The molecular weight excluding hydrogens is 367 g/mol. The molecule has 94 valence electrons. The Morgan fingerprint density at radius 2 is 2.39 bits per heavy atom. The van der Waals surface area contributed by atoms with Crippen LogP contribution in [0, 0.1) is 8.34 Å². The molecule has 0 saturated heterocycles. The Morgan fingerprint density at radius 3 is 3.00 bits per heavy atom. The summed E-state index contributed by atoms with van der Waals surface area (Å²) in [6, 6.07) is 5.25. The second-order valence-electron chi connectivity index (χ2n) is 3.30. The van der Waals surface area contributed by atoms with Crippen LogP contribution < -0.4 is 11.3 Å². The van der Waals surface area contributed by atoms with E-state index >= 15 is 0 Å². The fourth-order valence-corrected chi connectivity index (χ4v) is 1.78. The van der Waals surface area contributed by atoms with E-state index in [-0.39, 0.29) is 16.5 Å². The second-order valence-corrected chi connectivity index (χ2v) is 4.93. The lowest BCUT2D eigenvalue weighted by atomic mass is 10.2. The zero-order chi connectivity index (χ0) is 13.1. The molecule has 0 atom stereocenters. The van der Waals surface area contributed by atoms with Crippen LogP contribution in [0.3, 0.4) is 0 Å². The van der Waals surface area contributed by atoms with E-state index in [1.165, 1.54) is 6.21 Å². The fraction of sp³-hybridized carbons (Fsp3) is 0. The van der Waals surface area contributed by atoms with Gasteiger partial charge < -0.3 is 10.9 Å². The quantitative estimate of drug-likeness (QED) is 0.213. The van der Waals surface area contributed by atoms with Crippen LogP contribution in [0.15, 0.2) is 23.3 Å². The first-order valence-electron chi connectivity index (χ1n) is 4.78. The molecule has 1 aromatic heterocycles. The highest BCUT2D eigenvalue weighted by atomic mass is 127. The van der Waals surface area contributed by atoms with E-state index in [1.807, 2.05) is 6.07 Å². The number of aromatic hydroxyl groups is 1. The number of H-pyrrole nitrogens is 1. The molecule has 0 aliphatic rings. The van der Waals surface area contributed by atoms with Crippen LogP contribution in [-0.2, 0) is 0 Å². The van der Waals surface area contributed by atoms with Gasteiger partial charge in [0, 0.05) is 9.13 Å². The molecule has 9 heteroatoms. The van der Waals surface area contributed by atoms with Crippen molar-refractivity contribution in [2.45, 2.75) is 0 Å². The maximum absolute atomic E-state index is 9.66. The first kappa shape index (κ1) is 12.8. The van der Waals surface area contributed by atoms with Gasteiger partial charge in [-0.15, -0.1) is 5.10 Å². The van der Waals surface area contributed by atoms with Crippen LogP contribution in [0.5, 0.6) is 5.75 Å². The van der Waals surface area contributed by atoms with Crippen molar-refractivity contribution in [2.75, 3.05) is 11.3 Å². The number of rotatable bonds is 3. The second kappa shape index (κ2) is 5.35. The number of phenolic OH excluding ortho intramolecular Hbond substituents is 1. The average Bonchev–Trinajstić information content (AvgIpc) is 2.64. The van der Waals surface area contributed by atoms with Crippen molar-refractivity contribution in [3.63, 3.8) is 0 Å². The summed E-state index contributed by atoms with van der Waals surface area (Å²) in [5.74, 6) is 5.99. The Morgan fingerprint density at radius 1 is 1.61 bits per heavy atom. The van der Waals surface area contributed by atoms with Crippen molar-refractivity contribution in [3.05, 3.63) is 32.1 Å².